The number of pyridine rings is 1. The summed E-state index contributed by atoms with van der Waals surface area (Å²) in [5.41, 5.74) is -0.133. The van der Waals surface area contributed by atoms with Gasteiger partial charge < -0.3 is 9.84 Å². The molecular formula is C19H15NO5. The molecule has 0 radical (unpaired) electrons. The lowest BCUT2D eigenvalue weighted by atomic mass is 10.1. The maximum atomic E-state index is 12.5. The van der Waals surface area contributed by atoms with Gasteiger partial charge in [-0.2, -0.15) is 0 Å². The summed E-state index contributed by atoms with van der Waals surface area (Å²) in [6.45, 7) is -0.243. The van der Waals surface area contributed by atoms with Crippen LogP contribution in [0.1, 0.15) is 20.7 Å². The molecule has 0 bridgehead atoms. The number of para-hydroxylation sites is 1. The molecule has 25 heavy (non-hydrogen) atoms. The number of aromatic nitrogens is 1. The predicted octanol–water partition coefficient (Wildman–Crippen LogP) is 2.59. The number of carbonyl (C=O) groups is 2. The minimum atomic E-state index is -1.32. The van der Waals surface area contributed by atoms with E-state index in [9.17, 15) is 19.5 Å². The Kier molecular flexibility index (Phi) is 4.35. The molecule has 3 rings (SSSR count). The molecule has 6 nitrogen and oxygen atoms in total. The molecule has 0 aliphatic carbocycles. The minimum absolute atomic E-state index is 0.243. The Morgan fingerprint density at radius 1 is 1.08 bits per heavy atom. The lowest BCUT2D eigenvalue weighted by Crippen LogP contribution is -2.29. The molecule has 0 aliphatic rings. The number of carboxylic acid groups (broad SMARTS) is 1. The molecule has 0 atom stereocenters. The highest BCUT2D eigenvalue weighted by atomic mass is 16.5. The highest BCUT2D eigenvalue weighted by molar-refractivity contribution is 5.98. The second-order valence-corrected chi connectivity index (χ2v) is 5.46. The minimum Gasteiger partial charge on any atom is -0.497 e. The van der Waals surface area contributed by atoms with Crippen LogP contribution in [0.3, 0.4) is 0 Å². The Bertz CT molecular complexity index is 1020. The van der Waals surface area contributed by atoms with E-state index < -0.39 is 11.5 Å². The van der Waals surface area contributed by atoms with Crippen LogP contribution in [0.25, 0.3) is 10.9 Å². The fraction of sp³-hybridized carbons (Fsp3) is 0.105. The highest BCUT2D eigenvalue weighted by Gasteiger charge is 2.17. The maximum Gasteiger partial charge on any atom is 0.341 e. The number of nitrogens with zero attached hydrogens (tertiary/aromatic N) is 1. The van der Waals surface area contributed by atoms with Crippen LogP contribution in [0.5, 0.6) is 5.75 Å². The smallest absolute Gasteiger partial charge is 0.341 e. The summed E-state index contributed by atoms with van der Waals surface area (Å²) in [4.78, 5) is 36.4. The number of benzene rings is 2. The van der Waals surface area contributed by atoms with Crippen LogP contribution in [-0.2, 0) is 6.54 Å². The number of hydrogen-bond acceptors (Lipinski definition) is 4. The second-order valence-electron chi connectivity index (χ2n) is 5.46. The monoisotopic (exact) mass is 337 g/mol. The van der Waals surface area contributed by atoms with Gasteiger partial charge in [0.1, 0.15) is 11.3 Å². The maximum absolute atomic E-state index is 12.5. The van der Waals surface area contributed by atoms with Crippen LogP contribution in [0.15, 0.2) is 59.4 Å². The predicted molar refractivity (Wildman–Crippen MR) is 92.5 cm³/mol. The summed E-state index contributed by atoms with van der Waals surface area (Å²) in [6.07, 6.45) is 0. The number of aromatic carboxylic acids is 1. The van der Waals surface area contributed by atoms with Gasteiger partial charge in [-0.1, -0.05) is 18.2 Å². The molecule has 0 unspecified atom stereocenters. The molecule has 6 heteroatoms. The number of rotatable bonds is 5. The average Bonchev–Trinajstić information content (AvgIpc) is 2.63. The zero-order valence-corrected chi connectivity index (χ0v) is 13.4. The van der Waals surface area contributed by atoms with Crippen LogP contribution >= 0.6 is 0 Å². The van der Waals surface area contributed by atoms with Crippen LogP contribution in [0.2, 0.25) is 0 Å². The van der Waals surface area contributed by atoms with E-state index in [0.717, 1.165) is 0 Å². The Labute approximate surface area is 142 Å². The molecule has 1 aromatic heterocycles. The molecule has 0 saturated heterocycles. The molecule has 0 saturated carbocycles. The average molecular weight is 337 g/mol. The van der Waals surface area contributed by atoms with E-state index in [1.165, 1.54) is 17.7 Å². The first kappa shape index (κ1) is 16.4. The van der Waals surface area contributed by atoms with E-state index in [2.05, 4.69) is 0 Å². The molecule has 126 valence electrons. The van der Waals surface area contributed by atoms with Crippen molar-refractivity contribution in [2.24, 2.45) is 0 Å². The molecule has 0 aliphatic heterocycles. The number of fused-ring (bicyclic) bond motifs is 1. The van der Waals surface area contributed by atoms with Gasteiger partial charge in [0.05, 0.1) is 19.2 Å². The third-order valence-corrected chi connectivity index (χ3v) is 3.95. The van der Waals surface area contributed by atoms with E-state index >= 15 is 0 Å². The second kappa shape index (κ2) is 6.60. The fourth-order valence-electron chi connectivity index (χ4n) is 2.65. The number of ether oxygens (including phenoxy) is 1. The largest absolute Gasteiger partial charge is 0.497 e. The van der Waals surface area contributed by atoms with Gasteiger partial charge in [-0.05, 0) is 41.8 Å². The summed E-state index contributed by atoms with van der Waals surface area (Å²) < 4.78 is 6.25. The Morgan fingerprint density at radius 3 is 2.40 bits per heavy atom. The zero-order valence-electron chi connectivity index (χ0n) is 13.4. The van der Waals surface area contributed by atoms with Crippen LogP contribution < -0.4 is 10.3 Å². The van der Waals surface area contributed by atoms with Gasteiger partial charge in [0, 0.05) is 5.56 Å². The standard InChI is InChI=1S/C19H15NO5/c1-25-14-8-6-12(7-9-14)17(21)11-20-16-5-3-2-4-13(16)10-15(18(20)22)19(23)24/h2-10H,11H2,1H3,(H,23,24). The molecular weight excluding hydrogens is 322 g/mol. The molecule has 0 fully saturated rings. The number of hydrogen-bond donors (Lipinski definition) is 1. The Morgan fingerprint density at radius 2 is 1.76 bits per heavy atom. The van der Waals surface area contributed by atoms with Crippen LogP contribution in [0.4, 0.5) is 0 Å². The highest BCUT2D eigenvalue weighted by Crippen LogP contribution is 2.16. The van der Waals surface area contributed by atoms with Crippen molar-refractivity contribution < 1.29 is 19.4 Å². The quantitative estimate of drug-likeness (QED) is 0.723. The van der Waals surface area contributed by atoms with Crippen molar-refractivity contribution in [1.29, 1.82) is 0 Å². The van der Waals surface area contributed by atoms with Crippen LogP contribution in [0, 0.1) is 0 Å². The van der Waals surface area contributed by atoms with Gasteiger partial charge in [0.2, 0.25) is 0 Å². The summed E-state index contributed by atoms with van der Waals surface area (Å²) in [5.74, 6) is -0.995. The van der Waals surface area contributed by atoms with E-state index in [1.54, 1.807) is 48.5 Å². The lowest BCUT2D eigenvalue weighted by molar-refractivity contribution is 0.0693. The van der Waals surface area contributed by atoms with Gasteiger partial charge >= 0.3 is 5.97 Å². The zero-order chi connectivity index (χ0) is 18.0. The van der Waals surface area contributed by atoms with Gasteiger partial charge in [0.15, 0.2) is 5.78 Å². The van der Waals surface area contributed by atoms with Crippen molar-refractivity contribution in [1.82, 2.24) is 4.57 Å². The van der Waals surface area contributed by atoms with Crippen molar-refractivity contribution in [3.63, 3.8) is 0 Å². The van der Waals surface area contributed by atoms with Gasteiger partial charge in [-0.25, -0.2) is 4.79 Å². The molecule has 1 heterocycles. The number of Topliss-reactive ketones (excluding diaryl/α,β-unsaturated/α-hetero) is 1. The normalized spacial score (nSPS) is 10.6. The van der Waals surface area contributed by atoms with Gasteiger partial charge in [0.25, 0.3) is 5.56 Å². The summed E-state index contributed by atoms with van der Waals surface area (Å²) in [5, 5.41) is 9.83. The molecule has 1 N–H and O–H groups in total. The number of methoxy groups -OCH3 is 1. The number of carbonyl (C=O) groups excluding carboxylic acids is 1. The van der Waals surface area contributed by atoms with Crippen molar-refractivity contribution in [3.05, 3.63) is 76.1 Å². The number of carboxylic acids is 1. The van der Waals surface area contributed by atoms with Crippen molar-refractivity contribution in [3.8, 4) is 5.75 Å². The van der Waals surface area contributed by atoms with E-state index in [-0.39, 0.29) is 17.9 Å². The van der Waals surface area contributed by atoms with Crippen molar-refractivity contribution in [2.75, 3.05) is 7.11 Å². The molecule has 0 spiro atoms. The SMILES string of the molecule is COc1ccc(C(=O)Cn2c(=O)c(C(=O)O)cc3ccccc32)cc1. The summed E-state index contributed by atoms with van der Waals surface area (Å²) in [6, 6.07) is 14.7. The third kappa shape index (κ3) is 3.14. The summed E-state index contributed by atoms with van der Waals surface area (Å²) in [7, 11) is 1.53. The van der Waals surface area contributed by atoms with Crippen molar-refractivity contribution in [2.45, 2.75) is 6.54 Å². The van der Waals surface area contributed by atoms with E-state index in [1.807, 2.05) is 0 Å². The van der Waals surface area contributed by atoms with Crippen molar-refractivity contribution >= 4 is 22.7 Å². The van der Waals surface area contributed by atoms with E-state index in [4.69, 9.17) is 4.74 Å². The first-order chi connectivity index (χ1) is 12.0. The first-order valence-electron chi connectivity index (χ1n) is 7.54. The lowest BCUT2D eigenvalue weighted by Gasteiger charge is -2.11. The Hall–Kier alpha value is -3.41. The molecule has 2 aromatic carbocycles. The fourth-order valence-corrected chi connectivity index (χ4v) is 2.65. The molecule has 0 amide bonds. The Balaban J connectivity index is 2.07. The molecule has 3 aromatic rings. The van der Waals surface area contributed by atoms with Crippen LogP contribution in [-0.4, -0.2) is 28.5 Å². The number of ketones is 1. The third-order valence-electron chi connectivity index (χ3n) is 3.95. The van der Waals surface area contributed by atoms with Gasteiger partial charge in [-0.15, -0.1) is 0 Å². The van der Waals surface area contributed by atoms with E-state index in [0.29, 0.717) is 22.2 Å². The van der Waals surface area contributed by atoms with Gasteiger partial charge in [-0.3, -0.25) is 14.2 Å². The topological polar surface area (TPSA) is 85.6 Å². The first-order valence-corrected chi connectivity index (χ1v) is 7.54. The summed E-state index contributed by atoms with van der Waals surface area (Å²) >= 11 is 0.